The van der Waals surface area contributed by atoms with E-state index in [1.54, 1.807) is 0 Å². The van der Waals surface area contributed by atoms with Crippen LogP contribution < -0.4 is 0 Å². The predicted octanol–water partition coefficient (Wildman–Crippen LogP) is 5.64. The van der Waals surface area contributed by atoms with Crippen molar-refractivity contribution >= 4 is 0 Å². The summed E-state index contributed by atoms with van der Waals surface area (Å²) < 4.78 is 0. The highest BCUT2D eigenvalue weighted by molar-refractivity contribution is 5.21. The Labute approximate surface area is 97.7 Å². The lowest BCUT2D eigenvalue weighted by molar-refractivity contribution is 1.13. The van der Waals surface area contributed by atoms with Gasteiger partial charge in [0, 0.05) is 0 Å². The van der Waals surface area contributed by atoms with Crippen LogP contribution in [0.4, 0.5) is 0 Å². The molecular formula is C15H30. The Morgan fingerprint density at radius 3 is 1.60 bits per heavy atom. The molecule has 0 aliphatic rings. The Bertz CT molecular complexity index is 189. The summed E-state index contributed by atoms with van der Waals surface area (Å²) >= 11 is 0. The van der Waals surface area contributed by atoms with Gasteiger partial charge >= 0.3 is 0 Å². The highest BCUT2D eigenvalue weighted by atomic mass is 13.9. The zero-order valence-corrected chi connectivity index (χ0v) is 12.0. The molecule has 0 heterocycles. The summed E-state index contributed by atoms with van der Waals surface area (Å²) in [5, 5.41) is 0. The van der Waals surface area contributed by atoms with Crippen LogP contribution in [0.5, 0.6) is 0 Å². The topological polar surface area (TPSA) is 0 Å². The monoisotopic (exact) mass is 210 g/mol. The maximum Gasteiger partial charge on any atom is -0.0307 e. The first-order valence-corrected chi connectivity index (χ1v) is 6.38. The smallest absolute Gasteiger partial charge is 0.0307 e. The summed E-state index contributed by atoms with van der Waals surface area (Å²) in [6.45, 7) is 16.3. The second kappa shape index (κ2) is 18.9. The molecule has 0 fully saturated rings. The summed E-state index contributed by atoms with van der Waals surface area (Å²) in [6.07, 6.45) is 1.14. The van der Waals surface area contributed by atoms with Crippen molar-refractivity contribution < 1.29 is 0 Å². The fourth-order valence-corrected chi connectivity index (χ4v) is 0.932. The van der Waals surface area contributed by atoms with E-state index in [4.69, 9.17) is 0 Å². The zero-order valence-electron chi connectivity index (χ0n) is 12.0. The average Bonchev–Trinajstić information content (AvgIpc) is 2.36. The largest absolute Gasteiger partial charge is 0.0683 e. The quantitative estimate of drug-likeness (QED) is 0.563. The minimum atomic E-state index is 1.14. The van der Waals surface area contributed by atoms with Crippen LogP contribution in [-0.4, -0.2) is 0 Å². The third kappa shape index (κ3) is 13.2. The minimum absolute atomic E-state index is 1.14. The molecule has 0 N–H and O–H groups in total. The van der Waals surface area contributed by atoms with Crippen LogP contribution >= 0.6 is 0 Å². The first-order valence-electron chi connectivity index (χ1n) is 6.38. The van der Waals surface area contributed by atoms with Crippen molar-refractivity contribution in [1.29, 1.82) is 0 Å². The Morgan fingerprint density at radius 1 is 0.867 bits per heavy atom. The molecule has 0 unspecified atom stereocenters. The molecule has 90 valence electrons. The van der Waals surface area contributed by atoms with E-state index in [2.05, 4.69) is 38.1 Å². The lowest BCUT2D eigenvalue weighted by Crippen LogP contribution is -1.78. The third-order valence-electron chi connectivity index (χ3n) is 1.49. The van der Waals surface area contributed by atoms with Gasteiger partial charge in [-0.15, -0.1) is 0 Å². The Kier molecular flexibility index (Phi) is 24.9. The Morgan fingerprint density at radius 2 is 1.33 bits per heavy atom. The first kappa shape index (κ1) is 19.7. The summed E-state index contributed by atoms with van der Waals surface area (Å²) in [5.74, 6) is 0. The molecule has 0 atom stereocenters. The summed E-state index contributed by atoms with van der Waals surface area (Å²) in [4.78, 5) is 0. The normalized spacial score (nSPS) is 6.93. The van der Waals surface area contributed by atoms with Gasteiger partial charge in [0.15, 0.2) is 0 Å². The lowest BCUT2D eigenvalue weighted by Gasteiger charge is -1.95. The zero-order chi connectivity index (χ0) is 12.7. The van der Waals surface area contributed by atoms with E-state index in [0.29, 0.717) is 0 Å². The SMILES string of the molecule is CC.CC.CC.CCc1cccc(C)c1. The summed E-state index contributed by atoms with van der Waals surface area (Å²) in [5.41, 5.74) is 2.78. The molecule has 0 bridgehead atoms. The highest BCUT2D eigenvalue weighted by Gasteiger charge is 1.85. The highest BCUT2D eigenvalue weighted by Crippen LogP contribution is 2.03. The predicted molar refractivity (Wildman–Crippen MR) is 74.6 cm³/mol. The number of hydrogen-bond donors (Lipinski definition) is 0. The Balaban J connectivity index is -0.000000208. The minimum Gasteiger partial charge on any atom is -0.0683 e. The molecule has 0 aliphatic carbocycles. The van der Waals surface area contributed by atoms with Gasteiger partial charge in [0.25, 0.3) is 0 Å². The fraction of sp³-hybridized carbons (Fsp3) is 0.600. The maximum atomic E-state index is 2.22. The second-order valence-electron chi connectivity index (χ2n) is 2.34. The average molecular weight is 210 g/mol. The van der Waals surface area contributed by atoms with Gasteiger partial charge in [0.2, 0.25) is 0 Å². The van der Waals surface area contributed by atoms with Crippen molar-refractivity contribution in [2.24, 2.45) is 0 Å². The second-order valence-corrected chi connectivity index (χ2v) is 2.34. The van der Waals surface area contributed by atoms with Crippen molar-refractivity contribution in [2.75, 3.05) is 0 Å². The molecule has 1 aromatic carbocycles. The van der Waals surface area contributed by atoms with Crippen LogP contribution in [0.1, 0.15) is 59.6 Å². The summed E-state index contributed by atoms with van der Waals surface area (Å²) in [7, 11) is 0. The van der Waals surface area contributed by atoms with E-state index in [1.807, 2.05) is 41.5 Å². The third-order valence-corrected chi connectivity index (χ3v) is 1.49. The van der Waals surface area contributed by atoms with Crippen molar-refractivity contribution in [3.05, 3.63) is 35.4 Å². The van der Waals surface area contributed by atoms with Gasteiger partial charge in [-0.2, -0.15) is 0 Å². The van der Waals surface area contributed by atoms with E-state index in [-0.39, 0.29) is 0 Å². The molecule has 0 radical (unpaired) electrons. The van der Waals surface area contributed by atoms with E-state index in [0.717, 1.165) is 6.42 Å². The van der Waals surface area contributed by atoms with Crippen molar-refractivity contribution in [2.45, 2.75) is 61.8 Å². The van der Waals surface area contributed by atoms with Crippen LogP contribution in [0.15, 0.2) is 24.3 Å². The maximum absolute atomic E-state index is 2.22. The molecule has 0 nitrogen and oxygen atoms in total. The van der Waals surface area contributed by atoms with E-state index in [1.165, 1.54) is 11.1 Å². The molecule has 0 aliphatic heterocycles. The van der Waals surface area contributed by atoms with Crippen molar-refractivity contribution in [3.63, 3.8) is 0 Å². The number of benzene rings is 1. The van der Waals surface area contributed by atoms with Crippen molar-refractivity contribution in [3.8, 4) is 0 Å². The van der Waals surface area contributed by atoms with Gasteiger partial charge in [-0.05, 0) is 18.9 Å². The molecule has 0 spiro atoms. The van der Waals surface area contributed by atoms with E-state index < -0.39 is 0 Å². The lowest BCUT2D eigenvalue weighted by atomic mass is 10.1. The van der Waals surface area contributed by atoms with Crippen LogP contribution in [0.3, 0.4) is 0 Å². The number of aryl methyl sites for hydroxylation is 2. The van der Waals surface area contributed by atoms with E-state index >= 15 is 0 Å². The molecule has 1 aromatic rings. The number of rotatable bonds is 1. The molecular weight excluding hydrogens is 180 g/mol. The van der Waals surface area contributed by atoms with Crippen LogP contribution in [0, 0.1) is 6.92 Å². The van der Waals surface area contributed by atoms with Gasteiger partial charge in [0.05, 0.1) is 0 Å². The van der Waals surface area contributed by atoms with Crippen LogP contribution in [-0.2, 0) is 6.42 Å². The van der Waals surface area contributed by atoms with Crippen molar-refractivity contribution in [1.82, 2.24) is 0 Å². The van der Waals surface area contributed by atoms with Gasteiger partial charge in [-0.1, -0.05) is 78.3 Å². The number of hydrogen-bond acceptors (Lipinski definition) is 0. The van der Waals surface area contributed by atoms with Crippen LogP contribution in [0.25, 0.3) is 0 Å². The van der Waals surface area contributed by atoms with Gasteiger partial charge < -0.3 is 0 Å². The fourth-order valence-electron chi connectivity index (χ4n) is 0.932. The summed E-state index contributed by atoms with van der Waals surface area (Å²) in [6, 6.07) is 8.61. The first-order chi connectivity index (χ1) is 7.33. The van der Waals surface area contributed by atoms with Gasteiger partial charge in [-0.25, -0.2) is 0 Å². The van der Waals surface area contributed by atoms with Crippen LogP contribution in [0.2, 0.25) is 0 Å². The molecule has 0 aromatic heterocycles. The van der Waals surface area contributed by atoms with Gasteiger partial charge in [-0.3, -0.25) is 0 Å². The van der Waals surface area contributed by atoms with Gasteiger partial charge in [0.1, 0.15) is 0 Å². The molecule has 0 heteroatoms. The molecule has 0 amide bonds. The standard InChI is InChI=1S/C9H12.3C2H6/c1-3-9-6-4-5-8(2)7-9;3*1-2/h4-7H,3H2,1-2H3;3*1-2H3. The molecule has 1 rings (SSSR count). The Hall–Kier alpha value is -0.780. The van der Waals surface area contributed by atoms with E-state index in [9.17, 15) is 0 Å². The molecule has 15 heavy (non-hydrogen) atoms. The molecule has 0 saturated carbocycles. The molecule has 0 saturated heterocycles.